The summed E-state index contributed by atoms with van der Waals surface area (Å²) in [5.74, 6) is -0.0286. The molecule has 0 atom stereocenters. The Bertz CT molecular complexity index is 614. The van der Waals surface area contributed by atoms with Crippen molar-refractivity contribution in [3.63, 3.8) is 0 Å². The minimum absolute atomic E-state index is 0. The molecule has 0 aliphatic rings. The first-order valence-electron chi connectivity index (χ1n) is 19.9. The van der Waals surface area contributed by atoms with E-state index in [0.29, 0.717) is 19.4 Å². The van der Waals surface area contributed by atoms with Gasteiger partial charge in [0.15, 0.2) is 0 Å². The van der Waals surface area contributed by atoms with E-state index in [4.69, 9.17) is 9.47 Å². The van der Waals surface area contributed by atoms with Crippen molar-refractivity contribution in [3.05, 3.63) is 6.92 Å². The molecule has 0 spiro atoms. The van der Waals surface area contributed by atoms with Crippen molar-refractivity contribution in [3.8, 4) is 0 Å². The van der Waals surface area contributed by atoms with E-state index in [0.717, 1.165) is 71.0 Å². The molecule has 274 valence electrons. The second kappa shape index (κ2) is 39.0. The zero-order valence-electron chi connectivity index (χ0n) is 31.1. The maximum absolute atomic E-state index is 12.8. The first-order valence-corrected chi connectivity index (χ1v) is 19.9. The zero-order valence-corrected chi connectivity index (χ0v) is 33.1. The molecule has 0 saturated carbocycles. The van der Waals surface area contributed by atoms with Crippen molar-refractivity contribution in [2.45, 2.75) is 213 Å². The Morgan fingerprint density at radius 2 is 0.935 bits per heavy atom. The third kappa shape index (κ3) is 34.9. The molecule has 0 fully saturated rings. The molecule has 0 heterocycles. The van der Waals surface area contributed by atoms with Gasteiger partial charge in [-0.05, 0) is 64.5 Å². The third-order valence-electron chi connectivity index (χ3n) is 9.10. The fourth-order valence-corrected chi connectivity index (χ4v) is 6.05. The molecule has 0 radical (unpaired) electrons. The van der Waals surface area contributed by atoms with E-state index in [1.165, 1.54) is 122 Å². The van der Waals surface area contributed by atoms with Gasteiger partial charge in [0.2, 0.25) is 0 Å². The molecule has 0 bridgehead atoms. The fourth-order valence-electron chi connectivity index (χ4n) is 6.05. The van der Waals surface area contributed by atoms with Crippen molar-refractivity contribution in [2.24, 2.45) is 0 Å². The molecule has 0 saturated heterocycles. The number of carbonyl (C=O) groups is 2. The molecule has 5 nitrogen and oxygen atoms in total. The summed E-state index contributed by atoms with van der Waals surface area (Å²) in [6.07, 6.45) is 33.8. The summed E-state index contributed by atoms with van der Waals surface area (Å²) in [5.41, 5.74) is 0. The average Bonchev–Trinajstić information content (AvgIpc) is 3.04. The predicted molar refractivity (Wildman–Crippen MR) is 194 cm³/mol. The number of hydrogen-bond donors (Lipinski definition) is 0. The molecular formula is C40H78MoNO4-. The van der Waals surface area contributed by atoms with Gasteiger partial charge in [0.05, 0.1) is 6.61 Å². The van der Waals surface area contributed by atoms with Crippen molar-refractivity contribution in [1.82, 2.24) is 4.90 Å². The minimum Gasteiger partial charge on any atom is -0.466 e. The molecule has 0 unspecified atom stereocenters. The number of rotatable bonds is 36. The number of ether oxygens (including phenoxy) is 2. The summed E-state index contributed by atoms with van der Waals surface area (Å²) in [7, 11) is 0. The summed E-state index contributed by atoms with van der Waals surface area (Å²) < 4.78 is 11.3. The van der Waals surface area contributed by atoms with Crippen LogP contribution in [-0.2, 0) is 40.1 Å². The summed E-state index contributed by atoms with van der Waals surface area (Å²) >= 11 is 0. The van der Waals surface area contributed by atoms with Crippen molar-refractivity contribution in [1.29, 1.82) is 0 Å². The van der Waals surface area contributed by atoms with Crippen LogP contribution in [0.25, 0.3) is 0 Å². The van der Waals surface area contributed by atoms with Crippen LogP contribution in [-0.4, -0.2) is 49.2 Å². The number of esters is 2. The quantitative estimate of drug-likeness (QED) is 0.0278. The van der Waals surface area contributed by atoms with Crippen molar-refractivity contribution in [2.75, 3.05) is 26.2 Å². The maximum atomic E-state index is 12.8. The fraction of sp³-hybridized carbons (Fsp3) is 0.925. The number of carbonyl (C=O) groups excluding carboxylic acids is 2. The van der Waals surface area contributed by atoms with Crippen LogP contribution in [0, 0.1) is 6.92 Å². The van der Waals surface area contributed by atoms with E-state index >= 15 is 0 Å². The summed E-state index contributed by atoms with van der Waals surface area (Å²) in [4.78, 5) is 26.9. The number of unbranched alkanes of at least 4 members (excludes halogenated alkanes) is 20. The first kappa shape index (κ1) is 47.7. The normalized spacial score (nSPS) is 11.3. The smallest absolute Gasteiger partial charge is 0.306 e. The van der Waals surface area contributed by atoms with Crippen LogP contribution in [0.4, 0.5) is 0 Å². The molecule has 46 heavy (non-hydrogen) atoms. The number of hydrogen-bond acceptors (Lipinski definition) is 5. The van der Waals surface area contributed by atoms with E-state index in [-0.39, 0.29) is 39.1 Å². The van der Waals surface area contributed by atoms with E-state index in [2.05, 4.69) is 32.6 Å². The van der Waals surface area contributed by atoms with Crippen LogP contribution in [0.1, 0.15) is 207 Å². The largest absolute Gasteiger partial charge is 0.466 e. The van der Waals surface area contributed by atoms with Gasteiger partial charge in [0.25, 0.3) is 0 Å². The Hall–Kier alpha value is -0.412. The molecule has 0 aromatic carbocycles. The van der Waals surface area contributed by atoms with Crippen LogP contribution < -0.4 is 0 Å². The Kier molecular flexibility index (Phi) is 40.5. The molecule has 0 aromatic heterocycles. The molecular weight excluding hydrogens is 654 g/mol. The third-order valence-corrected chi connectivity index (χ3v) is 9.10. The topological polar surface area (TPSA) is 55.8 Å². The minimum atomic E-state index is -0.0283. The Morgan fingerprint density at radius 1 is 0.522 bits per heavy atom. The Labute approximate surface area is 302 Å². The summed E-state index contributed by atoms with van der Waals surface area (Å²) in [6.45, 7) is 14.2. The predicted octanol–water partition coefficient (Wildman–Crippen LogP) is 11.9. The van der Waals surface area contributed by atoms with Gasteiger partial charge in [0.1, 0.15) is 6.10 Å². The molecule has 0 aliphatic heterocycles. The first-order chi connectivity index (χ1) is 22.1. The average molecular weight is 733 g/mol. The molecule has 0 N–H and O–H groups in total. The molecule has 0 aliphatic carbocycles. The van der Waals surface area contributed by atoms with Crippen LogP contribution in [0.5, 0.6) is 0 Å². The van der Waals surface area contributed by atoms with Crippen LogP contribution in [0.2, 0.25) is 0 Å². The Balaban J connectivity index is 0. The van der Waals surface area contributed by atoms with Crippen LogP contribution in [0.3, 0.4) is 0 Å². The van der Waals surface area contributed by atoms with Gasteiger partial charge in [-0.3, -0.25) is 9.59 Å². The molecule has 0 aromatic rings. The van der Waals surface area contributed by atoms with Gasteiger partial charge in [0, 0.05) is 33.9 Å². The van der Waals surface area contributed by atoms with Gasteiger partial charge in [-0.2, -0.15) is 0 Å². The van der Waals surface area contributed by atoms with Gasteiger partial charge < -0.3 is 21.3 Å². The van der Waals surface area contributed by atoms with E-state index in [1.54, 1.807) is 0 Å². The monoisotopic (exact) mass is 734 g/mol. The van der Waals surface area contributed by atoms with E-state index in [9.17, 15) is 9.59 Å². The summed E-state index contributed by atoms with van der Waals surface area (Å²) in [6, 6.07) is 0. The van der Waals surface area contributed by atoms with Gasteiger partial charge in [-0.25, -0.2) is 0 Å². The molecule has 6 heteroatoms. The second-order valence-electron chi connectivity index (χ2n) is 13.5. The van der Waals surface area contributed by atoms with E-state index in [1.807, 2.05) is 0 Å². The van der Waals surface area contributed by atoms with Crippen LogP contribution >= 0.6 is 0 Å². The van der Waals surface area contributed by atoms with Crippen LogP contribution in [0.15, 0.2) is 0 Å². The van der Waals surface area contributed by atoms with E-state index < -0.39 is 0 Å². The standard InChI is InChI=1S/C40H78NO4.Mo/c1-5-9-12-14-17-21-25-31-38(32-26-22-18-15-13-10-6-2)45-40(43)34-30-36-41(8-4)35-28-24-20-16-19-23-27-33-39(42)44-37-29-11-7-3;/h38H,4-37H2,1-3H3;/q-1;. The van der Waals surface area contributed by atoms with Crippen molar-refractivity contribution >= 4 is 11.9 Å². The Morgan fingerprint density at radius 3 is 1.46 bits per heavy atom. The van der Waals surface area contributed by atoms with Gasteiger partial charge in [-0.1, -0.05) is 143 Å². The SMILES string of the molecule is [CH2-]CN(CCCCCCCCCC(=O)OCCCCC)CCCC(=O)OC(CCCCCCCCC)CCCCCCCCC.[Mo]. The van der Waals surface area contributed by atoms with Crippen molar-refractivity contribution < 1.29 is 40.1 Å². The van der Waals surface area contributed by atoms with Gasteiger partial charge >= 0.3 is 11.9 Å². The number of nitrogens with zero attached hydrogens (tertiary/aromatic N) is 1. The zero-order chi connectivity index (χ0) is 33.1. The molecule has 0 amide bonds. The molecule has 0 rings (SSSR count). The summed E-state index contributed by atoms with van der Waals surface area (Å²) in [5, 5.41) is 0. The maximum Gasteiger partial charge on any atom is 0.306 e. The van der Waals surface area contributed by atoms with Gasteiger partial charge in [-0.15, -0.1) is 6.54 Å². The second-order valence-corrected chi connectivity index (χ2v) is 13.5.